The number of nitrogens with two attached hydrogens (primary N) is 1. The molecule has 2 saturated carbocycles. The van der Waals surface area contributed by atoms with Gasteiger partial charge in [0.25, 0.3) is 0 Å². The van der Waals surface area contributed by atoms with Crippen molar-refractivity contribution in [2.24, 2.45) is 22.1 Å². The van der Waals surface area contributed by atoms with E-state index in [4.69, 9.17) is 15.5 Å². The fourth-order valence-corrected chi connectivity index (χ4v) is 3.91. The van der Waals surface area contributed by atoms with Gasteiger partial charge in [-0.25, -0.2) is 0 Å². The maximum absolute atomic E-state index is 6.14. The van der Waals surface area contributed by atoms with Crippen LogP contribution in [0.5, 0.6) is 0 Å². The Morgan fingerprint density at radius 2 is 2.22 bits per heavy atom. The Balaban J connectivity index is 1.58. The van der Waals surface area contributed by atoms with Crippen molar-refractivity contribution in [3.8, 4) is 0 Å². The molecule has 1 aliphatic heterocycles. The van der Waals surface area contributed by atoms with Crippen LogP contribution in [-0.2, 0) is 4.74 Å². The minimum absolute atomic E-state index is 0.271. The van der Waals surface area contributed by atoms with Crippen LogP contribution in [0.2, 0.25) is 0 Å². The van der Waals surface area contributed by atoms with E-state index >= 15 is 0 Å². The van der Waals surface area contributed by atoms with Gasteiger partial charge in [0.15, 0.2) is 5.96 Å². The predicted octanol–water partition coefficient (Wildman–Crippen LogP) is 1.60. The van der Waals surface area contributed by atoms with E-state index in [-0.39, 0.29) is 6.10 Å². The van der Waals surface area contributed by atoms with Gasteiger partial charge in [-0.05, 0) is 50.4 Å². The van der Waals surface area contributed by atoms with Crippen molar-refractivity contribution >= 4 is 5.96 Å². The van der Waals surface area contributed by atoms with Crippen LogP contribution < -0.4 is 5.73 Å². The standard InChI is InChI=1S/C14H25N3O/c1-11-9-17(6-7-18-11)13(15)16-10-14-4-2-12(8-14)3-5-14/h11-12H,2-10H2,1H3,(H2,15,16). The van der Waals surface area contributed by atoms with Gasteiger partial charge in [-0.3, -0.25) is 4.99 Å². The Labute approximate surface area is 110 Å². The van der Waals surface area contributed by atoms with Crippen LogP contribution in [0.25, 0.3) is 0 Å². The lowest BCUT2D eigenvalue weighted by atomic mass is 9.84. The van der Waals surface area contributed by atoms with E-state index in [1.165, 1.54) is 32.1 Å². The first-order valence-corrected chi connectivity index (χ1v) is 7.33. The van der Waals surface area contributed by atoms with Crippen molar-refractivity contribution < 1.29 is 4.74 Å². The van der Waals surface area contributed by atoms with E-state index < -0.39 is 0 Å². The minimum Gasteiger partial charge on any atom is -0.375 e. The summed E-state index contributed by atoms with van der Waals surface area (Å²) < 4.78 is 5.53. The molecule has 2 bridgehead atoms. The quantitative estimate of drug-likeness (QED) is 0.599. The van der Waals surface area contributed by atoms with Crippen LogP contribution in [0.4, 0.5) is 0 Å². The molecule has 1 atom stereocenters. The summed E-state index contributed by atoms with van der Waals surface area (Å²) >= 11 is 0. The topological polar surface area (TPSA) is 50.8 Å². The molecule has 1 saturated heterocycles. The van der Waals surface area contributed by atoms with Gasteiger partial charge in [0.1, 0.15) is 0 Å². The van der Waals surface area contributed by atoms with Crippen LogP contribution in [0, 0.1) is 11.3 Å². The van der Waals surface area contributed by atoms with Crippen LogP contribution in [0.15, 0.2) is 4.99 Å². The van der Waals surface area contributed by atoms with Gasteiger partial charge in [-0.15, -0.1) is 0 Å². The fraction of sp³-hybridized carbons (Fsp3) is 0.929. The number of nitrogens with zero attached hydrogens (tertiary/aromatic N) is 2. The highest BCUT2D eigenvalue weighted by molar-refractivity contribution is 5.78. The molecule has 0 aromatic rings. The van der Waals surface area contributed by atoms with E-state index in [1.807, 2.05) is 0 Å². The van der Waals surface area contributed by atoms with Crippen LogP contribution in [0.1, 0.15) is 39.0 Å². The van der Waals surface area contributed by atoms with Crippen molar-refractivity contribution in [3.05, 3.63) is 0 Å². The third-order valence-electron chi connectivity index (χ3n) is 5.03. The van der Waals surface area contributed by atoms with Crippen molar-refractivity contribution in [2.75, 3.05) is 26.2 Å². The number of ether oxygens (including phenoxy) is 1. The number of hydrogen-bond donors (Lipinski definition) is 1. The first-order chi connectivity index (χ1) is 8.67. The lowest BCUT2D eigenvalue weighted by molar-refractivity contribution is 0.00523. The second-order valence-corrected chi connectivity index (χ2v) is 6.45. The number of hydrogen-bond acceptors (Lipinski definition) is 2. The predicted molar refractivity (Wildman–Crippen MR) is 72.5 cm³/mol. The molecule has 0 radical (unpaired) electrons. The molecule has 4 heteroatoms. The summed E-state index contributed by atoms with van der Waals surface area (Å²) in [5, 5.41) is 0. The van der Waals surface area contributed by atoms with Crippen molar-refractivity contribution in [3.63, 3.8) is 0 Å². The molecule has 0 aromatic heterocycles. The monoisotopic (exact) mass is 251 g/mol. The second-order valence-electron chi connectivity index (χ2n) is 6.45. The third kappa shape index (κ3) is 2.35. The van der Waals surface area contributed by atoms with Gasteiger partial charge in [0.05, 0.1) is 12.7 Å². The first-order valence-electron chi connectivity index (χ1n) is 7.33. The zero-order valence-corrected chi connectivity index (χ0v) is 11.4. The lowest BCUT2D eigenvalue weighted by Crippen LogP contribution is -2.48. The Morgan fingerprint density at radius 3 is 2.83 bits per heavy atom. The molecule has 0 aromatic carbocycles. The average molecular weight is 251 g/mol. The fourth-order valence-electron chi connectivity index (χ4n) is 3.91. The van der Waals surface area contributed by atoms with E-state index in [0.717, 1.165) is 38.1 Å². The zero-order valence-electron chi connectivity index (χ0n) is 11.4. The number of rotatable bonds is 2. The molecule has 4 nitrogen and oxygen atoms in total. The minimum atomic E-state index is 0.271. The Bertz CT molecular complexity index is 334. The van der Waals surface area contributed by atoms with E-state index in [9.17, 15) is 0 Å². The molecule has 3 rings (SSSR count). The molecule has 1 unspecified atom stereocenters. The molecule has 3 aliphatic rings. The van der Waals surface area contributed by atoms with Crippen molar-refractivity contribution in [2.45, 2.75) is 45.1 Å². The molecule has 0 spiro atoms. The molecule has 2 N–H and O–H groups in total. The average Bonchev–Trinajstić information content (AvgIpc) is 2.97. The summed E-state index contributed by atoms with van der Waals surface area (Å²) in [5.74, 6) is 1.72. The van der Waals surface area contributed by atoms with Gasteiger partial charge in [-0.2, -0.15) is 0 Å². The largest absolute Gasteiger partial charge is 0.375 e. The highest BCUT2D eigenvalue weighted by Gasteiger charge is 2.44. The smallest absolute Gasteiger partial charge is 0.191 e. The summed E-state index contributed by atoms with van der Waals surface area (Å²) in [6.45, 7) is 5.57. The molecular formula is C14H25N3O. The summed E-state index contributed by atoms with van der Waals surface area (Å²) in [7, 11) is 0. The molecule has 2 aliphatic carbocycles. The molecule has 102 valence electrons. The number of guanidine groups is 1. The maximum Gasteiger partial charge on any atom is 0.191 e. The molecule has 0 amide bonds. The van der Waals surface area contributed by atoms with E-state index in [0.29, 0.717) is 5.41 Å². The van der Waals surface area contributed by atoms with Gasteiger partial charge < -0.3 is 15.4 Å². The van der Waals surface area contributed by atoms with Crippen molar-refractivity contribution in [1.29, 1.82) is 0 Å². The Hall–Kier alpha value is -0.770. The number of aliphatic imine (C=N–C) groups is 1. The van der Waals surface area contributed by atoms with Gasteiger partial charge in [0, 0.05) is 19.6 Å². The third-order valence-corrected chi connectivity index (χ3v) is 5.03. The number of morpholine rings is 1. The molecule has 1 heterocycles. The van der Waals surface area contributed by atoms with Crippen LogP contribution in [0.3, 0.4) is 0 Å². The summed E-state index contributed by atoms with van der Waals surface area (Å²) in [4.78, 5) is 6.87. The molecule has 18 heavy (non-hydrogen) atoms. The highest BCUT2D eigenvalue weighted by Crippen LogP contribution is 2.54. The van der Waals surface area contributed by atoms with Gasteiger partial charge in [0.2, 0.25) is 0 Å². The first kappa shape index (κ1) is 12.3. The van der Waals surface area contributed by atoms with E-state index in [2.05, 4.69) is 11.8 Å². The normalized spacial score (nSPS) is 40.5. The summed E-state index contributed by atoms with van der Waals surface area (Å²) in [5.41, 5.74) is 6.64. The zero-order chi connectivity index (χ0) is 12.6. The van der Waals surface area contributed by atoms with Crippen LogP contribution >= 0.6 is 0 Å². The highest BCUT2D eigenvalue weighted by atomic mass is 16.5. The summed E-state index contributed by atoms with van der Waals surface area (Å²) in [6, 6.07) is 0. The SMILES string of the molecule is CC1CN(C(N)=NCC23CCC(CC2)C3)CCO1. The van der Waals surface area contributed by atoms with Crippen molar-refractivity contribution in [1.82, 2.24) is 4.90 Å². The summed E-state index contributed by atoms with van der Waals surface area (Å²) in [6.07, 6.45) is 7.24. The lowest BCUT2D eigenvalue weighted by Gasteiger charge is -2.32. The Kier molecular flexibility index (Phi) is 3.22. The molecular weight excluding hydrogens is 226 g/mol. The second kappa shape index (κ2) is 4.72. The van der Waals surface area contributed by atoms with E-state index in [1.54, 1.807) is 0 Å². The number of fused-ring (bicyclic) bond motifs is 2. The molecule has 3 fully saturated rings. The van der Waals surface area contributed by atoms with Gasteiger partial charge >= 0.3 is 0 Å². The Morgan fingerprint density at radius 1 is 1.44 bits per heavy atom. The maximum atomic E-state index is 6.14. The van der Waals surface area contributed by atoms with Gasteiger partial charge in [-0.1, -0.05) is 0 Å². The van der Waals surface area contributed by atoms with Crippen LogP contribution in [-0.4, -0.2) is 43.2 Å².